The number of aliphatic imine (C=N–C) groups is 1. The Labute approximate surface area is 115 Å². The average Bonchev–Trinajstić information content (AvgIpc) is 2.98. The van der Waals surface area contributed by atoms with Crippen LogP contribution >= 0.6 is 0 Å². The van der Waals surface area contributed by atoms with E-state index in [1.807, 2.05) is 30.3 Å². The van der Waals surface area contributed by atoms with Gasteiger partial charge in [0, 0.05) is 6.07 Å². The number of nitrogens with zero attached hydrogens (tertiary/aromatic N) is 2. The minimum atomic E-state index is -0.420. The molecule has 0 N–H and O–H groups in total. The van der Waals surface area contributed by atoms with Crippen molar-refractivity contribution >= 4 is 11.6 Å². The van der Waals surface area contributed by atoms with Crippen molar-refractivity contribution in [3.8, 4) is 0 Å². The molecule has 0 saturated heterocycles. The predicted octanol–water partition coefficient (Wildman–Crippen LogP) is 3.11. The molecule has 5 nitrogen and oxygen atoms in total. The number of hydrogen-bond donors (Lipinski definition) is 0. The molecule has 2 aromatic carbocycles. The van der Waals surface area contributed by atoms with E-state index in [1.165, 1.54) is 6.07 Å². The van der Waals surface area contributed by atoms with E-state index in [0.717, 1.165) is 5.56 Å². The van der Waals surface area contributed by atoms with Gasteiger partial charge in [0.05, 0.1) is 4.92 Å². The van der Waals surface area contributed by atoms with Crippen molar-refractivity contribution in [1.82, 2.24) is 0 Å². The molecule has 0 amide bonds. The van der Waals surface area contributed by atoms with Crippen molar-refractivity contribution in [2.24, 2.45) is 4.99 Å². The quantitative estimate of drug-likeness (QED) is 0.634. The Balaban J connectivity index is 1.95. The molecule has 0 aliphatic carbocycles. The third-order valence-corrected chi connectivity index (χ3v) is 3.17. The number of para-hydroxylation sites is 1. The molecule has 0 radical (unpaired) electrons. The van der Waals surface area contributed by atoms with E-state index in [-0.39, 0.29) is 11.7 Å². The summed E-state index contributed by atoms with van der Waals surface area (Å²) in [5.74, 6) is 0.339. The molecule has 0 fully saturated rings. The van der Waals surface area contributed by atoms with Gasteiger partial charge in [0.25, 0.3) is 5.69 Å². The van der Waals surface area contributed by atoms with Gasteiger partial charge < -0.3 is 4.74 Å². The number of rotatable bonds is 3. The average molecular weight is 268 g/mol. The smallest absolute Gasteiger partial charge is 0.282 e. The van der Waals surface area contributed by atoms with E-state index in [0.29, 0.717) is 18.1 Å². The Morgan fingerprint density at radius 2 is 1.80 bits per heavy atom. The van der Waals surface area contributed by atoms with Crippen molar-refractivity contribution in [2.45, 2.75) is 6.04 Å². The highest BCUT2D eigenvalue weighted by Crippen LogP contribution is 2.28. The first-order valence-electron chi connectivity index (χ1n) is 6.25. The lowest BCUT2D eigenvalue weighted by Crippen LogP contribution is -2.05. The van der Waals surface area contributed by atoms with Crippen molar-refractivity contribution in [1.29, 1.82) is 0 Å². The Morgan fingerprint density at radius 3 is 2.55 bits per heavy atom. The summed E-state index contributed by atoms with van der Waals surface area (Å²) in [6, 6.07) is 16.1. The molecule has 1 aliphatic rings. The molecule has 2 aromatic rings. The van der Waals surface area contributed by atoms with E-state index in [2.05, 4.69) is 4.99 Å². The third-order valence-electron chi connectivity index (χ3n) is 3.17. The van der Waals surface area contributed by atoms with Crippen molar-refractivity contribution in [3.63, 3.8) is 0 Å². The summed E-state index contributed by atoms with van der Waals surface area (Å²) in [4.78, 5) is 15.1. The van der Waals surface area contributed by atoms with Gasteiger partial charge in [-0.2, -0.15) is 0 Å². The topological polar surface area (TPSA) is 64.7 Å². The molecule has 3 rings (SSSR count). The summed E-state index contributed by atoms with van der Waals surface area (Å²) in [5.41, 5.74) is 1.48. The maximum atomic E-state index is 11.0. The molecule has 0 aromatic heterocycles. The highest BCUT2D eigenvalue weighted by Gasteiger charge is 2.26. The lowest BCUT2D eigenvalue weighted by atomic mass is 10.1. The van der Waals surface area contributed by atoms with Crippen molar-refractivity contribution < 1.29 is 9.66 Å². The number of nitro groups is 1. The maximum absolute atomic E-state index is 11.0. The van der Waals surface area contributed by atoms with E-state index in [9.17, 15) is 10.1 Å². The fourth-order valence-corrected chi connectivity index (χ4v) is 2.18. The number of benzene rings is 2. The summed E-state index contributed by atoms with van der Waals surface area (Å²) in [5, 5.41) is 11.0. The van der Waals surface area contributed by atoms with E-state index < -0.39 is 4.92 Å². The zero-order chi connectivity index (χ0) is 13.9. The van der Waals surface area contributed by atoms with Gasteiger partial charge in [0.15, 0.2) is 0 Å². The molecule has 0 spiro atoms. The fraction of sp³-hybridized carbons (Fsp3) is 0.133. The second kappa shape index (κ2) is 5.13. The molecular weight excluding hydrogens is 256 g/mol. The first-order valence-corrected chi connectivity index (χ1v) is 6.25. The summed E-state index contributed by atoms with van der Waals surface area (Å²) in [7, 11) is 0. The second-order valence-corrected chi connectivity index (χ2v) is 4.45. The van der Waals surface area contributed by atoms with Crippen LogP contribution in [-0.4, -0.2) is 17.4 Å². The number of nitro benzene ring substituents is 1. The van der Waals surface area contributed by atoms with Gasteiger partial charge in [0.2, 0.25) is 5.90 Å². The molecule has 0 bridgehead atoms. The molecule has 1 aliphatic heterocycles. The zero-order valence-corrected chi connectivity index (χ0v) is 10.6. The monoisotopic (exact) mass is 268 g/mol. The first-order chi connectivity index (χ1) is 9.75. The van der Waals surface area contributed by atoms with Gasteiger partial charge >= 0.3 is 0 Å². The van der Waals surface area contributed by atoms with Gasteiger partial charge in [-0.1, -0.05) is 42.5 Å². The lowest BCUT2D eigenvalue weighted by molar-refractivity contribution is -0.385. The molecule has 20 heavy (non-hydrogen) atoms. The van der Waals surface area contributed by atoms with Crippen LogP contribution in [0, 0.1) is 10.1 Å². The highest BCUT2D eigenvalue weighted by atomic mass is 16.6. The SMILES string of the molecule is O=[N+]([O-])c1ccccc1C1=NC(c2ccccc2)CO1. The highest BCUT2D eigenvalue weighted by molar-refractivity contribution is 5.99. The van der Waals surface area contributed by atoms with Crippen LogP contribution in [0.2, 0.25) is 0 Å². The fourth-order valence-electron chi connectivity index (χ4n) is 2.18. The van der Waals surface area contributed by atoms with Crippen LogP contribution in [0.25, 0.3) is 0 Å². The standard InChI is InChI=1S/C15H12N2O3/c18-17(19)14-9-5-4-8-12(14)15-16-13(10-20-15)11-6-2-1-3-7-11/h1-9,13H,10H2. The maximum Gasteiger partial charge on any atom is 0.282 e. The minimum absolute atomic E-state index is 0.0139. The molecule has 5 heteroatoms. The Bertz CT molecular complexity index is 668. The van der Waals surface area contributed by atoms with Crippen LogP contribution in [0.5, 0.6) is 0 Å². The number of hydrogen-bond acceptors (Lipinski definition) is 4. The first kappa shape index (κ1) is 12.3. The minimum Gasteiger partial charge on any atom is -0.475 e. The lowest BCUT2D eigenvalue weighted by Gasteiger charge is -2.03. The number of ether oxygens (including phenoxy) is 1. The second-order valence-electron chi connectivity index (χ2n) is 4.45. The van der Waals surface area contributed by atoms with Crippen LogP contribution in [0.3, 0.4) is 0 Å². The summed E-state index contributed by atoms with van der Waals surface area (Å²) >= 11 is 0. The normalized spacial score (nSPS) is 17.4. The van der Waals surface area contributed by atoms with E-state index in [1.54, 1.807) is 18.2 Å². The molecule has 1 atom stereocenters. The van der Waals surface area contributed by atoms with Gasteiger partial charge in [-0.25, -0.2) is 4.99 Å². The summed E-state index contributed by atoms with van der Waals surface area (Å²) < 4.78 is 5.54. The third kappa shape index (κ3) is 2.25. The predicted molar refractivity (Wildman–Crippen MR) is 74.8 cm³/mol. The summed E-state index contributed by atoms with van der Waals surface area (Å²) in [6.07, 6.45) is 0. The van der Waals surface area contributed by atoms with Crippen LogP contribution in [0.4, 0.5) is 5.69 Å². The van der Waals surface area contributed by atoms with Crippen LogP contribution < -0.4 is 0 Å². The van der Waals surface area contributed by atoms with Crippen LogP contribution in [0.15, 0.2) is 59.6 Å². The van der Waals surface area contributed by atoms with Crippen molar-refractivity contribution in [3.05, 3.63) is 75.8 Å². The van der Waals surface area contributed by atoms with Gasteiger partial charge in [-0.05, 0) is 11.6 Å². The van der Waals surface area contributed by atoms with Gasteiger partial charge in [-0.15, -0.1) is 0 Å². The Kier molecular flexibility index (Phi) is 3.16. The summed E-state index contributed by atoms with van der Waals surface area (Å²) in [6.45, 7) is 0.408. The van der Waals surface area contributed by atoms with Crippen LogP contribution in [-0.2, 0) is 4.74 Å². The molecule has 0 saturated carbocycles. The molecule has 1 heterocycles. The van der Waals surface area contributed by atoms with Crippen molar-refractivity contribution in [2.75, 3.05) is 6.61 Å². The zero-order valence-electron chi connectivity index (χ0n) is 10.6. The molecular formula is C15H12N2O3. The molecule has 1 unspecified atom stereocenters. The Hall–Kier alpha value is -2.69. The van der Waals surface area contributed by atoms with Gasteiger partial charge in [0.1, 0.15) is 18.2 Å². The van der Waals surface area contributed by atoms with E-state index in [4.69, 9.17) is 4.74 Å². The van der Waals surface area contributed by atoms with Crippen LogP contribution in [0.1, 0.15) is 17.2 Å². The molecule has 100 valence electrons. The van der Waals surface area contributed by atoms with E-state index >= 15 is 0 Å². The van der Waals surface area contributed by atoms with Gasteiger partial charge in [-0.3, -0.25) is 10.1 Å². The Morgan fingerprint density at radius 1 is 1.10 bits per heavy atom. The largest absolute Gasteiger partial charge is 0.475 e.